The highest BCUT2D eigenvalue weighted by atomic mass is 16.6. The Kier molecular flexibility index (Phi) is 6.22. The minimum Gasteiger partial charge on any atom is -0.497 e. The van der Waals surface area contributed by atoms with E-state index >= 15 is 0 Å². The van der Waals surface area contributed by atoms with Crippen molar-refractivity contribution >= 4 is 12.1 Å². The first kappa shape index (κ1) is 17.8. The van der Waals surface area contributed by atoms with E-state index < -0.39 is 23.6 Å². The van der Waals surface area contributed by atoms with Crippen LogP contribution in [0.1, 0.15) is 38.7 Å². The molecule has 0 fully saturated rings. The molecule has 0 bridgehead atoms. The van der Waals surface area contributed by atoms with Crippen LogP contribution < -0.4 is 10.1 Å². The zero-order chi connectivity index (χ0) is 16.8. The number of hydrogen-bond acceptors (Lipinski definition) is 4. The lowest BCUT2D eigenvalue weighted by atomic mass is 9.95. The van der Waals surface area contributed by atoms with Gasteiger partial charge < -0.3 is 19.9 Å². The van der Waals surface area contributed by atoms with Gasteiger partial charge in [0.1, 0.15) is 11.4 Å². The van der Waals surface area contributed by atoms with Crippen LogP contribution in [0, 0.1) is 0 Å². The Morgan fingerprint density at radius 2 is 2.00 bits per heavy atom. The number of methoxy groups -OCH3 is 1. The molecule has 22 heavy (non-hydrogen) atoms. The summed E-state index contributed by atoms with van der Waals surface area (Å²) >= 11 is 0. The topological polar surface area (TPSA) is 84.9 Å². The van der Waals surface area contributed by atoms with Crippen molar-refractivity contribution < 1.29 is 24.2 Å². The van der Waals surface area contributed by atoms with Gasteiger partial charge in [0, 0.05) is 6.54 Å². The van der Waals surface area contributed by atoms with E-state index in [1.54, 1.807) is 45.0 Å². The molecule has 1 aromatic carbocycles. The number of alkyl carbamates (subject to hydrolysis) is 1. The number of nitrogens with one attached hydrogen (secondary N) is 1. The second kappa shape index (κ2) is 7.68. The Balaban J connectivity index is 2.62. The number of carboxylic acid groups (broad SMARTS) is 1. The predicted octanol–water partition coefficient (Wildman–Crippen LogP) is 2.78. The van der Waals surface area contributed by atoms with Crippen LogP contribution >= 0.6 is 0 Å². The standard InChI is InChI=1S/C16H23NO5/c1-16(2,3)22-15(20)17-9-8-13(14(18)19)11-6-5-7-12(10-11)21-4/h5-7,10,13H,8-9H2,1-4H3,(H,17,20)(H,18,19). The predicted molar refractivity (Wildman–Crippen MR) is 82.2 cm³/mol. The fourth-order valence-electron chi connectivity index (χ4n) is 1.92. The molecule has 0 saturated carbocycles. The van der Waals surface area contributed by atoms with E-state index in [0.29, 0.717) is 11.3 Å². The summed E-state index contributed by atoms with van der Waals surface area (Å²) in [7, 11) is 1.53. The fourth-order valence-corrected chi connectivity index (χ4v) is 1.92. The van der Waals surface area contributed by atoms with Crippen molar-refractivity contribution in [1.82, 2.24) is 5.32 Å². The van der Waals surface area contributed by atoms with Crippen molar-refractivity contribution in [2.75, 3.05) is 13.7 Å². The van der Waals surface area contributed by atoms with Crippen LogP contribution in [0.25, 0.3) is 0 Å². The Morgan fingerprint density at radius 3 is 2.55 bits per heavy atom. The van der Waals surface area contributed by atoms with Crippen LogP contribution in [-0.2, 0) is 9.53 Å². The molecule has 1 rings (SSSR count). The highest BCUT2D eigenvalue weighted by Gasteiger charge is 2.21. The largest absolute Gasteiger partial charge is 0.497 e. The molecule has 1 aromatic rings. The number of carboxylic acids is 1. The maximum Gasteiger partial charge on any atom is 0.407 e. The van der Waals surface area contributed by atoms with Crippen molar-refractivity contribution in [1.29, 1.82) is 0 Å². The van der Waals surface area contributed by atoms with Crippen LogP contribution in [0.3, 0.4) is 0 Å². The first-order valence-corrected chi connectivity index (χ1v) is 7.06. The lowest BCUT2D eigenvalue weighted by Crippen LogP contribution is -2.33. The van der Waals surface area contributed by atoms with Gasteiger partial charge in [0.05, 0.1) is 13.0 Å². The Hall–Kier alpha value is -2.24. The molecule has 6 heteroatoms. The summed E-state index contributed by atoms with van der Waals surface area (Å²) < 4.78 is 10.2. The zero-order valence-electron chi connectivity index (χ0n) is 13.4. The summed E-state index contributed by atoms with van der Waals surface area (Å²) in [4.78, 5) is 23.0. The molecule has 0 aliphatic heterocycles. The van der Waals surface area contributed by atoms with Gasteiger partial charge in [-0.05, 0) is 44.9 Å². The summed E-state index contributed by atoms with van der Waals surface area (Å²) in [5, 5.41) is 11.9. The van der Waals surface area contributed by atoms with Crippen molar-refractivity contribution in [3.8, 4) is 5.75 Å². The van der Waals surface area contributed by atoms with Crippen LogP contribution in [0.15, 0.2) is 24.3 Å². The SMILES string of the molecule is COc1cccc(C(CCNC(=O)OC(C)(C)C)C(=O)O)c1. The maximum atomic E-state index is 11.5. The highest BCUT2D eigenvalue weighted by molar-refractivity contribution is 5.76. The third kappa shape index (κ3) is 6.03. The molecule has 0 aliphatic rings. The molecular formula is C16H23NO5. The van der Waals surface area contributed by atoms with E-state index in [0.717, 1.165) is 0 Å². The molecule has 0 spiro atoms. The van der Waals surface area contributed by atoms with Gasteiger partial charge in [0.2, 0.25) is 0 Å². The third-order valence-electron chi connectivity index (χ3n) is 2.90. The lowest BCUT2D eigenvalue weighted by molar-refractivity contribution is -0.139. The first-order chi connectivity index (χ1) is 10.2. The molecular weight excluding hydrogens is 286 g/mol. The van der Waals surface area contributed by atoms with Crippen molar-refractivity contribution in [2.24, 2.45) is 0 Å². The molecule has 122 valence electrons. The quantitative estimate of drug-likeness (QED) is 0.844. The monoisotopic (exact) mass is 309 g/mol. The van der Waals surface area contributed by atoms with E-state index in [4.69, 9.17) is 9.47 Å². The Bertz CT molecular complexity index is 522. The molecule has 0 radical (unpaired) electrons. The minimum absolute atomic E-state index is 0.211. The number of aliphatic carboxylic acids is 1. The van der Waals surface area contributed by atoms with Crippen molar-refractivity contribution in [2.45, 2.75) is 38.7 Å². The summed E-state index contributed by atoms with van der Waals surface area (Å²) in [5.74, 6) is -1.06. The third-order valence-corrected chi connectivity index (χ3v) is 2.90. The number of carbonyl (C=O) groups excluding carboxylic acids is 1. The van der Waals surface area contributed by atoms with Gasteiger partial charge in [-0.15, -0.1) is 0 Å². The second-order valence-electron chi connectivity index (χ2n) is 5.88. The average Bonchev–Trinajstić information content (AvgIpc) is 2.41. The number of hydrogen-bond donors (Lipinski definition) is 2. The second-order valence-corrected chi connectivity index (χ2v) is 5.88. The Morgan fingerprint density at radius 1 is 1.32 bits per heavy atom. The highest BCUT2D eigenvalue weighted by Crippen LogP contribution is 2.23. The fraction of sp³-hybridized carbons (Fsp3) is 0.500. The first-order valence-electron chi connectivity index (χ1n) is 7.06. The summed E-state index contributed by atoms with van der Waals surface area (Å²) in [6.07, 6.45) is -0.288. The van der Waals surface area contributed by atoms with E-state index in [1.807, 2.05) is 0 Å². The van der Waals surface area contributed by atoms with Gasteiger partial charge in [0.15, 0.2) is 0 Å². The zero-order valence-corrected chi connectivity index (χ0v) is 13.4. The molecule has 1 amide bonds. The lowest BCUT2D eigenvalue weighted by Gasteiger charge is -2.20. The van der Waals surface area contributed by atoms with Gasteiger partial charge in [-0.2, -0.15) is 0 Å². The minimum atomic E-state index is -0.945. The number of rotatable bonds is 6. The van der Waals surface area contributed by atoms with E-state index in [-0.39, 0.29) is 13.0 Å². The van der Waals surface area contributed by atoms with Gasteiger partial charge in [-0.25, -0.2) is 4.79 Å². The number of benzene rings is 1. The van der Waals surface area contributed by atoms with Crippen LogP contribution in [0.2, 0.25) is 0 Å². The molecule has 1 unspecified atom stereocenters. The molecule has 0 aliphatic carbocycles. The summed E-state index contributed by atoms with van der Waals surface area (Å²) in [6.45, 7) is 5.51. The average molecular weight is 309 g/mol. The number of amides is 1. The summed E-state index contributed by atoms with van der Waals surface area (Å²) in [6, 6.07) is 6.91. The van der Waals surface area contributed by atoms with E-state index in [9.17, 15) is 14.7 Å². The van der Waals surface area contributed by atoms with E-state index in [1.165, 1.54) is 7.11 Å². The van der Waals surface area contributed by atoms with E-state index in [2.05, 4.69) is 5.32 Å². The van der Waals surface area contributed by atoms with Gasteiger partial charge in [-0.1, -0.05) is 12.1 Å². The Labute approximate surface area is 130 Å². The van der Waals surface area contributed by atoms with Crippen molar-refractivity contribution in [3.05, 3.63) is 29.8 Å². The molecule has 6 nitrogen and oxygen atoms in total. The smallest absolute Gasteiger partial charge is 0.407 e. The van der Waals surface area contributed by atoms with Crippen LogP contribution in [0.5, 0.6) is 5.75 Å². The van der Waals surface area contributed by atoms with Crippen LogP contribution in [-0.4, -0.2) is 36.4 Å². The van der Waals surface area contributed by atoms with Crippen LogP contribution in [0.4, 0.5) is 4.79 Å². The molecule has 0 saturated heterocycles. The maximum absolute atomic E-state index is 11.5. The molecule has 1 atom stereocenters. The molecule has 0 heterocycles. The molecule has 2 N–H and O–H groups in total. The van der Waals surface area contributed by atoms with Crippen molar-refractivity contribution in [3.63, 3.8) is 0 Å². The summed E-state index contributed by atoms with van der Waals surface area (Å²) in [5.41, 5.74) is 0.0566. The normalized spacial score (nSPS) is 12.4. The van der Waals surface area contributed by atoms with Gasteiger partial charge >= 0.3 is 12.1 Å². The molecule has 0 aromatic heterocycles. The number of carbonyl (C=O) groups is 2. The van der Waals surface area contributed by atoms with Gasteiger partial charge in [-0.3, -0.25) is 4.79 Å². The van der Waals surface area contributed by atoms with Gasteiger partial charge in [0.25, 0.3) is 0 Å². The number of ether oxygens (including phenoxy) is 2.